The van der Waals surface area contributed by atoms with Crippen LogP contribution in [0, 0.1) is 46.8 Å². The predicted octanol–water partition coefficient (Wildman–Crippen LogP) is 4.62. The zero-order chi connectivity index (χ0) is 16.9. The summed E-state index contributed by atoms with van der Waals surface area (Å²) in [6.07, 6.45) is 16.3. The molecule has 132 valence electrons. The summed E-state index contributed by atoms with van der Waals surface area (Å²) in [7, 11) is 0. The Labute approximate surface area is 147 Å². The maximum absolute atomic E-state index is 12.0. The quantitative estimate of drug-likeness (QED) is 0.692. The van der Waals surface area contributed by atoms with Gasteiger partial charge in [0.15, 0.2) is 0 Å². The minimum Gasteiger partial charge on any atom is -0.365 e. The van der Waals surface area contributed by atoms with Crippen LogP contribution in [0.2, 0.25) is 0 Å². The Kier molecular flexibility index (Phi) is 4.07. The van der Waals surface area contributed by atoms with Gasteiger partial charge in [-0.05, 0) is 79.4 Å². The summed E-state index contributed by atoms with van der Waals surface area (Å²) in [6, 6.07) is 0. The number of terminal acetylenes is 1. The minimum atomic E-state index is 0.325. The Morgan fingerprint density at radius 2 is 1.88 bits per heavy atom. The molecule has 0 N–H and O–H groups in total. The van der Waals surface area contributed by atoms with E-state index < -0.39 is 0 Å². The van der Waals surface area contributed by atoms with E-state index in [2.05, 4.69) is 19.8 Å². The number of ketones is 1. The first-order chi connectivity index (χ1) is 11.5. The molecule has 0 saturated heterocycles. The van der Waals surface area contributed by atoms with Crippen LogP contribution < -0.4 is 0 Å². The Morgan fingerprint density at radius 3 is 2.67 bits per heavy atom. The van der Waals surface area contributed by atoms with Crippen LogP contribution in [0.25, 0.3) is 0 Å². The highest BCUT2D eigenvalue weighted by atomic mass is 16.5. The van der Waals surface area contributed by atoms with Crippen LogP contribution in [0.3, 0.4) is 0 Å². The molecule has 0 aromatic carbocycles. The number of hydrogen-bond donors (Lipinski definition) is 0. The Balaban J connectivity index is 1.56. The van der Waals surface area contributed by atoms with E-state index in [1.165, 1.54) is 38.5 Å². The van der Waals surface area contributed by atoms with E-state index in [0.717, 1.165) is 37.0 Å². The molecule has 0 amide bonds. The van der Waals surface area contributed by atoms with Crippen molar-refractivity contribution in [3.05, 3.63) is 0 Å². The fourth-order valence-corrected chi connectivity index (χ4v) is 7.42. The zero-order valence-corrected chi connectivity index (χ0v) is 15.4. The van der Waals surface area contributed by atoms with Crippen LogP contribution in [0.5, 0.6) is 0 Å². The third kappa shape index (κ3) is 2.31. The van der Waals surface area contributed by atoms with Gasteiger partial charge in [0.1, 0.15) is 12.4 Å². The van der Waals surface area contributed by atoms with E-state index in [1.54, 1.807) is 0 Å². The fraction of sp³-hybridized carbons (Fsp3) is 0.864. The number of fused-ring (bicyclic) bond motifs is 5. The van der Waals surface area contributed by atoms with Gasteiger partial charge in [-0.15, -0.1) is 6.42 Å². The molecule has 0 bridgehead atoms. The number of hydrogen-bond acceptors (Lipinski definition) is 2. The molecule has 24 heavy (non-hydrogen) atoms. The van der Waals surface area contributed by atoms with Crippen LogP contribution >= 0.6 is 0 Å². The number of rotatable bonds is 2. The number of carbonyl (C=O) groups excluding carboxylic acids is 1. The van der Waals surface area contributed by atoms with E-state index in [1.807, 2.05) is 0 Å². The van der Waals surface area contributed by atoms with Gasteiger partial charge in [-0.3, -0.25) is 4.79 Å². The van der Waals surface area contributed by atoms with Crippen LogP contribution in [0.15, 0.2) is 0 Å². The van der Waals surface area contributed by atoms with Crippen LogP contribution in [-0.2, 0) is 9.53 Å². The summed E-state index contributed by atoms with van der Waals surface area (Å²) in [5.41, 5.74) is 0.738. The average molecular weight is 328 g/mol. The molecule has 0 aromatic heterocycles. The molecule has 0 radical (unpaired) electrons. The van der Waals surface area contributed by atoms with E-state index in [4.69, 9.17) is 11.2 Å². The third-order valence-corrected chi connectivity index (χ3v) is 8.76. The number of carbonyl (C=O) groups is 1. The van der Waals surface area contributed by atoms with Crippen LogP contribution in [-0.4, -0.2) is 18.5 Å². The number of ether oxygens (including phenoxy) is 1. The summed E-state index contributed by atoms with van der Waals surface area (Å²) >= 11 is 0. The lowest BCUT2D eigenvalue weighted by Gasteiger charge is -2.60. The maximum atomic E-state index is 12.0. The highest BCUT2D eigenvalue weighted by Crippen LogP contribution is 2.66. The van der Waals surface area contributed by atoms with Crippen molar-refractivity contribution in [2.75, 3.05) is 6.61 Å². The minimum absolute atomic E-state index is 0.325. The Bertz CT molecular complexity index is 561. The van der Waals surface area contributed by atoms with Gasteiger partial charge in [-0.25, -0.2) is 0 Å². The van der Waals surface area contributed by atoms with Crippen molar-refractivity contribution >= 4 is 5.78 Å². The van der Waals surface area contributed by atoms with Crippen molar-refractivity contribution in [2.24, 2.45) is 34.5 Å². The van der Waals surface area contributed by atoms with E-state index >= 15 is 0 Å². The lowest BCUT2D eigenvalue weighted by Crippen LogP contribution is -2.54. The molecule has 4 aliphatic carbocycles. The van der Waals surface area contributed by atoms with Gasteiger partial charge < -0.3 is 4.74 Å². The highest BCUT2D eigenvalue weighted by Gasteiger charge is 2.60. The van der Waals surface area contributed by atoms with Crippen molar-refractivity contribution in [3.8, 4) is 12.3 Å². The molecule has 0 aliphatic heterocycles. The predicted molar refractivity (Wildman–Crippen MR) is 95.3 cm³/mol. The van der Waals surface area contributed by atoms with Gasteiger partial charge in [-0.1, -0.05) is 19.8 Å². The molecule has 0 spiro atoms. The summed E-state index contributed by atoms with van der Waals surface area (Å²) in [5, 5.41) is 0. The summed E-state index contributed by atoms with van der Waals surface area (Å²) in [4.78, 5) is 12.0. The normalized spacial score (nSPS) is 50.5. The van der Waals surface area contributed by atoms with Crippen LogP contribution in [0.4, 0.5) is 0 Å². The topological polar surface area (TPSA) is 26.3 Å². The average Bonchev–Trinajstić information content (AvgIpc) is 2.90. The molecule has 2 nitrogen and oxygen atoms in total. The molecular formula is C22H32O2. The molecule has 4 saturated carbocycles. The van der Waals surface area contributed by atoms with Crippen molar-refractivity contribution in [1.29, 1.82) is 0 Å². The summed E-state index contributed by atoms with van der Waals surface area (Å²) in [6.45, 7) is 5.45. The molecule has 4 rings (SSSR count). The van der Waals surface area contributed by atoms with Crippen molar-refractivity contribution in [1.82, 2.24) is 0 Å². The second-order valence-corrected chi connectivity index (χ2v) is 9.53. The highest BCUT2D eigenvalue weighted by molar-refractivity contribution is 5.79. The Morgan fingerprint density at radius 1 is 1.08 bits per heavy atom. The summed E-state index contributed by atoms with van der Waals surface area (Å²) < 4.78 is 6.07. The molecule has 2 heteroatoms. The Hall–Kier alpha value is -0.810. The maximum Gasteiger partial charge on any atom is 0.133 e. The van der Waals surface area contributed by atoms with Gasteiger partial charge in [0.25, 0.3) is 0 Å². The SMILES string of the molecule is C#CCO[C@H]1CC[C@H]2[C@@H]3CC[C@H]4CC(=O)CC[C@]4(C)[C@H]3CC[C@]12C. The van der Waals surface area contributed by atoms with E-state index in [-0.39, 0.29) is 0 Å². The van der Waals surface area contributed by atoms with Crippen LogP contribution in [0.1, 0.15) is 71.6 Å². The molecule has 0 heterocycles. The standard InChI is InChI=1S/C22H32O2/c1-4-13-24-20-8-7-18-17-6-5-15-14-16(23)9-11-21(15,2)19(17)10-12-22(18,20)3/h1,15,17-20H,5-14H2,2-3H3/t15-,17-,18-,19-,20-,21-,22-/m0/s1. The second kappa shape index (κ2) is 5.87. The van der Waals surface area contributed by atoms with Crippen molar-refractivity contribution < 1.29 is 9.53 Å². The zero-order valence-electron chi connectivity index (χ0n) is 15.4. The molecule has 4 aliphatic rings. The van der Waals surface area contributed by atoms with Gasteiger partial charge >= 0.3 is 0 Å². The van der Waals surface area contributed by atoms with Gasteiger partial charge in [0.2, 0.25) is 0 Å². The summed E-state index contributed by atoms with van der Waals surface area (Å²) in [5.74, 6) is 6.30. The first-order valence-electron chi connectivity index (χ1n) is 10.1. The molecular weight excluding hydrogens is 296 g/mol. The van der Waals surface area contributed by atoms with Crippen molar-refractivity contribution in [2.45, 2.75) is 77.7 Å². The molecule has 0 aromatic rings. The first kappa shape index (κ1) is 16.6. The monoisotopic (exact) mass is 328 g/mol. The lowest BCUT2D eigenvalue weighted by atomic mass is 9.45. The molecule has 0 unspecified atom stereocenters. The van der Waals surface area contributed by atoms with Gasteiger partial charge in [0, 0.05) is 12.8 Å². The van der Waals surface area contributed by atoms with Gasteiger partial charge in [0.05, 0.1) is 6.10 Å². The smallest absolute Gasteiger partial charge is 0.133 e. The van der Waals surface area contributed by atoms with Gasteiger partial charge in [-0.2, -0.15) is 0 Å². The first-order valence-corrected chi connectivity index (χ1v) is 10.1. The second-order valence-electron chi connectivity index (χ2n) is 9.53. The van der Waals surface area contributed by atoms with E-state index in [0.29, 0.717) is 35.2 Å². The lowest BCUT2D eigenvalue weighted by molar-refractivity contribution is -0.144. The third-order valence-electron chi connectivity index (χ3n) is 8.76. The van der Waals surface area contributed by atoms with E-state index in [9.17, 15) is 4.79 Å². The fourth-order valence-electron chi connectivity index (χ4n) is 7.42. The number of Topliss-reactive ketones (excluding diaryl/α,β-unsaturated/α-hetero) is 1. The van der Waals surface area contributed by atoms with Crippen molar-refractivity contribution in [3.63, 3.8) is 0 Å². The molecule has 4 fully saturated rings. The largest absolute Gasteiger partial charge is 0.365 e. The molecule has 7 atom stereocenters.